The molecule has 2 heteroatoms. The summed E-state index contributed by atoms with van der Waals surface area (Å²) in [4.78, 5) is 15.1. The zero-order valence-electron chi connectivity index (χ0n) is 15.8. The largest absolute Gasteiger partial charge is 0.342 e. The first-order valence-electron chi connectivity index (χ1n) is 9.46. The lowest BCUT2D eigenvalue weighted by Gasteiger charge is -2.29. The molecule has 2 atom stereocenters. The molecule has 2 unspecified atom stereocenters. The fourth-order valence-electron chi connectivity index (χ4n) is 3.26. The molecule has 0 fully saturated rings. The quantitative estimate of drug-likeness (QED) is 0.621. The standard InChI is InChI=1S/C23H31NO/c1-4-5-16-22(18-21-14-10-7-11-15-21)23(25)24(3)19(2)17-20-12-8-6-9-13-20/h6-15,19,22H,4-5,16-18H2,1-3H3. The van der Waals surface area contributed by atoms with Crippen LogP contribution in [0.3, 0.4) is 0 Å². The molecule has 0 saturated heterocycles. The second kappa shape index (κ2) is 10.0. The molecule has 0 saturated carbocycles. The van der Waals surface area contributed by atoms with Crippen LogP contribution in [0.1, 0.15) is 44.2 Å². The monoisotopic (exact) mass is 337 g/mol. The van der Waals surface area contributed by atoms with Crippen molar-refractivity contribution < 1.29 is 4.79 Å². The fourth-order valence-corrected chi connectivity index (χ4v) is 3.26. The van der Waals surface area contributed by atoms with E-state index in [1.54, 1.807) is 0 Å². The molecule has 0 aliphatic carbocycles. The van der Waals surface area contributed by atoms with Crippen LogP contribution in [0.25, 0.3) is 0 Å². The Bertz CT molecular complexity index is 623. The van der Waals surface area contributed by atoms with Gasteiger partial charge in [0.15, 0.2) is 0 Å². The molecule has 2 aromatic carbocycles. The van der Waals surface area contributed by atoms with Crippen LogP contribution in [-0.4, -0.2) is 23.9 Å². The summed E-state index contributed by atoms with van der Waals surface area (Å²) >= 11 is 0. The predicted molar refractivity (Wildman–Crippen MR) is 106 cm³/mol. The Morgan fingerprint density at radius 1 is 0.920 bits per heavy atom. The normalized spacial score (nSPS) is 13.2. The van der Waals surface area contributed by atoms with Crippen molar-refractivity contribution in [3.8, 4) is 0 Å². The molecular formula is C23H31NO. The molecule has 25 heavy (non-hydrogen) atoms. The summed E-state index contributed by atoms with van der Waals surface area (Å²) in [6.07, 6.45) is 4.93. The van der Waals surface area contributed by atoms with Crippen LogP contribution in [0, 0.1) is 5.92 Å². The van der Waals surface area contributed by atoms with Gasteiger partial charge >= 0.3 is 0 Å². The maximum absolute atomic E-state index is 13.1. The number of amides is 1. The van der Waals surface area contributed by atoms with Crippen molar-refractivity contribution in [2.24, 2.45) is 5.92 Å². The predicted octanol–water partition coefficient (Wildman–Crippen LogP) is 5.13. The van der Waals surface area contributed by atoms with Gasteiger partial charge in [-0.15, -0.1) is 0 Å². The van der Waals surface area contributed by atoms with Crippen molar-refractivity contribution in [1.82, 2.24) is 4.90 Å². The van der Waals surface area contributed by atoms with Gasteiger partial charge < -0.3 is 4.90 Å². The summed E-state index contributed by atoms with van der Waals surface area (Å²) in [6, 6.07) is 21.0. The van der Waals surface area contributed by atoms with E-state index in [9.17, 15) is 4.79 Å². The summed E-state index contributed by atoms with van der Waals surface area (Å²) in [5.74, 6) is 0.353. The van der Waals surface area contributed by atoms with Gasteiger partial charge in [-0.25, -0.2) is 0 Å². The first-order chi connectivity index (χ1) is 12.1. The van der Waals surface area contributed by atoms with E-state index < -0.39 is 0 Å². The number of unbranched alkanes of at least 4 members (excludes halogenated alkanes) is 1. The van der Waals surface area contributed by atoms with Gasteiger partial charge in [-0.1, -0.05) is 80.4 Å². The molecule has 2 aromatic rings. The molecule has 0 bridgehead atoms. The highest BCUT2D eigenvalue weighted by molar-refractivity contribution is 5.79. The van der Waals surface area contributed by atoms with Gasteiger partial charge in [0.05, 0.1) is 0 Å². The minimum Gasteiger partial charge on any atom is -0.342 e. The smallest absolute Gasteiger partial charge is 0.226 e. The molecular weight excluding hydrogens is 306 g/mol. The first kappa shape index (κ1) is 19.2. The topological polar surface area (TPSA) is 20.3 Å². The summed E-state index contributed by atoms with van der Waals surface area (Å²) in [6.45, 7) is 4.33. The summed E-state index contributed by atoms with van der Waals surface area (Å²) in [5, 5.41) is 0. The van der Waals surface area contributed by atoms with Crippen molar-refractivity contribution in [3.05, 3.63) is 71.8 Å². The Hall–Kier alpha value is -2.09. The Balaban J connectivity index is 2.03. The third-order valence-electron chi connectivity index (χ3n) is 4.96. The lowest BCUT2D eigenvalue weighted by Crippen LogP contribution is -2.41. The molecule has 2 rings (SSSR count). The van der Waals surface area contributed by atoms with E-state index in [-0.39, 0.29) is 17.9 Å². The average Bonchev–Trinajstić information content (AvgIpc) is 2.65. The minimum absolute atomic E-state index is 0.0746. The molecule has 0 heterocycles. The van der Waals surface area contributed by atoms with Crippen molar-refractivity contribution >= 4 is 5.91 Å². The molecule has 0 spiro atoms. The molecule has 0 aromatic heterocycles. The molecule has 134 valence electrons. The van der Waals surface area contributed by atoms with Crippen LogP contribution in [0.15, 0.2) is 60.7 Å². The van der Waals surface area contributed by atoms with Crippen LogP contribution in [-0.2, 0) is 17.6 Å². The lowest BCUT2D eigenvalue weighted by molar-refractivity contribution is -0.136. The van der Waals surface area contributed by atoms with E-state index >= 15 is 0 Å². The Kier molecular flexibility index (Phi) is 7.72. The Labute approximate surface area is 152 Å². The molecule has 0 N–H and O–H groups in total. The highest BCUT2D eigenvalue weighted by atomic mass is 16.2. The van der Waals surface area contributed by atoms with Crippen LogP contribution in [0.5, 0.6) is 0 Å². The van der Waals surface area contributed by atoms with Gasteiger partial charge in [0.2, 0.25) is 5.91 Å². The zero-order chi connectivity index (χ0) is 18.1. The number of hydrogen-bond acceptors (Lipinski definition) is 1. The van der Waals surface area contributed by atoms with E-state index in [4.69, 9.17) is 0 Å². The third-order valence-corrected chi connectivity index (χ3v) is 4.96. The van der Waals surface area contributed by atoms with E-state index in [0.29, 0.717) is 0 Å². The number of hydrogen-bond donors (Lipinski definition) is 0. The molecule has 0 aliphatic rings. The average molecular weight is 338 g/mol. The summed E-state index contributed by atoms with van der Waals surface area (Å²) < 4.78 is 0. The SMILES string of the molecule is CCCCC(Cc1ccccc1)C(=O)N(C)C(C)Cc1ccccc1. The molecule has 0 radical (unpaired) electrons. The molecule has 2 nitrogen and oxygen atoms in total. The molecule has 1 amide bonds. The number of nitrogens with zero attached hydrogens (tertiary/aromatic N) is 1. The second-order valence-electron chi connectivity index (χ2n) is 7.02. The Morgan fingerprint density at radius 2 is 1.44 bits per heavy atom. The molecule has 0 aliphatic heterocycles. The minimum atomic E-state index is 0.0746. The highest BCUT2D eigenvalue weighted by Crippen LogP contribution is 2.20. The van der Waals surface area contributed by atoms with Crippen molar-refractivity contribution in [3.63, 3.8) is 0 Å². The zero-order valence-corrected chi connectivity index (χ0v) is 15.8. The van der Waals surface area contributed by atoms with Gasteiger partial charge in [-0.05, 0) is 37.3 Å². The van der Waals surface area contributed by atoms with Gasteiger partial charge in [0.25, 0.3) is 0 Å². The van der Waals surface area contributed by atoms with Crippen molar-refractivity contribution in [2.75, 3.05) is 7.05 Å². The van der Waals surface area contributed by atoms with Crippen molar-refractivity contribution in [2.45, 2.75) is 52.0 Å². The summed E-state index contributed by atoms with van der Waals surface area (Å²) in [7, 11) is 1.96. The van der Waals surface area contributed by atoms with Gasteiger partial charge in [0, 0.05) is 19.0 Å². The van der Waals surface area contributed by atoms with Gasteiger partial charge in [-0.3, -0.25) is 4.79 Å². The number of rotatable bonds is 9. The summed E-state index contributed by atoms with van der Waals surface area (Å²) in [5.41, 5.74) is 2.53. The number of benzene rings is 2. The number of likely N-dealkylation sites (N-methyl/N-ethyl adjacent to an activating group) is 1. The first-order valence-corrected chi connectivity index (χ1v) is 9.46. The third kappa shape index (κ3) is 6.04. The Morgan fingerprint density at radius 3 is 1.96 bits per heavy atom. The van der Waals surface area contributed by atoms with E-state index in [1.807, 2.05) is 24.1 Å². The van der Waals surface area contributed by atoms with Crippen LogP contribution in [0.4, 0.5) is 0 Å². The number of carbonyl (C=O) groups is 1. The van der Waals surface area contributed by atoms with E-state index in [1.165, 1.54) is 11.1 Å². The van der Waals surface area contributed by atoms with Crippen LogP contribution in [0.2, 0.25) is 0 Å². The van der Waals surface area contributed by atoms with Crippen LogP contribution < -0.4 is 0 Å². The second-order valence-corrected chi connectivity index (χ2v) is 7.02. The van der Waals surface area contributed by atoms with Crippen LogP contribution >= 0.6 is 0 Å². The van der Waals surface area contributed by atoms with Gasteiger partial charge in [-0.2, -0.15) is 0 Å². The fraction of sp³-hybridized carbons (Fsp3) is 0.435. The van der Waals surface area contributed by atoms with Gasteiger partial charge in [0.1, 0.15) is 0 Å². The van der Waals surface area contributed by atoms with Crippen molar-refractivity contribution in [1.29, 1.82) is 0 Å². The maximum atomic E-state index is 13.1. The van der Waals surface area contributed by atoms with E-state index in [0.717, 1.165) is 32.1 Å². The van der Waals surface area contributed by atoms with E-state index in [2.05, 4.69) is 62.4 Å². The maximum Gasteiger partial charge on any atom is 0.226 e. The number of carbonyl (C=O) groups excluding carboxylic acids is 1. The highest BCUT2D eigenvalue weighted by Gasteiger charge is 2.25. The lowest BCUT2D eigenvalue weighted by atomic mass is 9.92.